The van der Waals surface area contributed by atoms with E-state index in [4.69, 9.17) is 9.47 Å². The van der Waals surface area contributed by atoms with E-state index >= 15 is 0 Å². The molecule has 0 aliphatic carbocycles. The molecule has 0 saturated carbocycles. The van der Waals surface area contributed by atoms with Gasteiger partial charge in [0.1, 0.15) is 23.2 Å². The fraction of sp³-hybridized carbons (Fsp3) is 0.360. The van der Waals surface area contributed by atoms with Crippen molar-refractivity contribution in [1.82, 2.24) is 4.90 Å². The highest BCUT2D eigenvalue weighted by Crippen LogP contribution is 2.43. The highest BCUT2D eigenvalue weighted by molar-refractivity contribution is 5.86. The fourth-order valence-electron chi connectivity index (χ4n) is 3.99. The molecule has 0 radical (unpaired) electrons. The maximum absolute atomic E-state index is 12.4. The van der Waals surface area contributed by atoms with E-state index in [1.807, 2.05) is 63.2 Å². The number of aldehydes is 1. The standard InChI is InChI=1S/C25H27NO4/c1-24(2,3)30-23(28)26-14-12-25(13-15-26)16-21(19-10-8-18(17-27)9-11-19)20-6-4-5-7-22(20)29-25/h4-11,16-17H,12-15H2,1-3H3. The lowest BCUT2D eigenvalue weighted by atomic mass is 9.83. The first-order chi connectivity index (χ1) is 14.3. The Morgan fingerprint density at radius 3 is 2.37 bits per heavy atom. The van der Waals surface area contributed by atoms with Crippen molar-refractivity contribution in [3.8, 4) is 5.75 Å². The van der Waals surface area contributed by atoms with E-state index in [0.29, 0.717) is 31.5 Å². The van der Waals surface area contributed by atoms with E-state index in [9.17, 15) is 9.59 Å². The second-order valence-corrected chi connectivity index (χ2v) is 8.93. The van der Waals surface area contributed by atoms with Crippen LogP contribution in [-0.4, -0.2) is 41.6 Å². The number of carbonyl (C=O) groups excluding carboxylic acids is 2. The number of benzene rings is 2. The van der Waals surface area contributed by atoms with Crippen molar-refractivity contribution in [2.75, 3.05) is 13.1 Å². The van der Waals surface area contributed by atoms with E-state index in [1.165, 1.54) is 0 Å². The van der Waals surface area contributed by atoms with E-state index in [-0.39, 0.29) is 6.09 Å². The number of hydrogen-bond acceptors (Lipinski definition) is 4. The van der Waals surface area contributed by atoms with Gasteiger partial charge in [-0.15, -0.1) is 0 Å². The number of likely N-dealkylation sites (tertiary alicyclic amines) is 1. The number of hydrogen-bond donors (Lipinski definition) is 0. The number of carbonyl (C=O) groups is 2. The summed E-state index contributed by atoms with van der Waals surface area (Å²) >= 11 is 0. The summed E-state index contributed by atoms with van der Waals surface area (Å²) in [6, 6.07) is 15.6. The van der Waals surface area contributed by atoms with Crippen LogP contribution < -0.4 is 4.74 Å². The first kappa shape index (κ1) is 20.2. The molecule has 0 atom stereocenters. The average Bonchev–Trinajstić information content (AvgIpc) is 2.72. The van der Waals surface area contributed by atoms with E-state index in [2.05, 4.69) is 12.1 Å². The van der Waals surface area contributed by atoms with Crippen LogP contribution in [0.25, 0.3) is 5.57 Å². The lowest BCUT2D eigenvalue weighted by molar-refractivity contribution is -0.00116. The van der Waals surface area contributed by atoms with Crippen LogP contribution in [0.1, 0.15) is 55.1 Å². The minimum atomic E-state index is -0.507. The number of fused-ring (bicyclic) bond motifs is 1. The monoisotopic (exact) mass is 405 g/mol. The molecule has 1 saturated heterocycles. The molecular formula is C25H27NO4. The number of amides is 1. The van der Waals surface area contributed by atoms with E-state index < -0.39 is 11.2 Å². The van der Waals surface area contributed by atoms with Crippen LogP contribution in [0, 0.1) is 0 Å². The number of rotatable bonds is 2. The molecule has 2 aromatic carbocycles. The zero-order chi connectivity index (χ0) is 21.4. The second kappa shape index (κ2) is 7.63. The van der Waals surface area contributed by atoms with Gasteiger partial charge < -0.3 is 14.4 Å². The Bertz CT molecular complexity index is 977. The summed E-state index contributed by atoms with van der Waals surface area (Å²) in [7, 11) is 0. The molecule has 1 spiro atoms. The number of nitrogens with zero attached hydrogens (tertiary/aromatic N) is 1. The molecule has 0 N–H and O–H groups in total. The van der Waals surface area contributed by atoms with Gasteiger partial charge in [0, 0.05) is 37.1 Å². The summed E-state index contributed by atoms with van der Waals surface area (Å²) < 4.78 is 12.0. The van der Waals surface area contributed by atoms with Crippen molar-refractivity contribution in [1.29, 1.82) is 0 Å². The predicted octanol–water partition coefficient (Wildman–Crippen LogP) is 5.09. The van der Waals surface area contributed by atoms with Crippen molar-refractivity contribution < 1.29 is 19.1 Å². The van der Waals surface area contributed by atoms with E-state index in [0.717, 1.165) is 28.7 Å². The third-order valence-corrected chi connectivity index (χ3v) is 5.52. The van der Waals surface area contributed by atoms with Crippen LogP contribution >= 0.6 is 0 Å². The topological polar surface area (TPSA) is 55.8 Å². The van der Waals surface area contributed by atoms with Gasteiger partial charge in [-0.1, -0.05) is 42.5 Å². The molecule has 0 unspecified atom stereocenters. The van der Waals surface area contributed by atoms with Crippen molar-refractivity contribution in [3.63, 3.8) is 0 Å². The van der Waals surface area contributed by atoms with Crippen molar-refractivity contribution in [2.24, 2.45) is 0 Å². The van der Waals surface area contributed by atoms with Crippen molar-refractivity contribution >= 4 is 18.0 Å². The average molecular weight is 405 g/mol. The zero-order valence-electron chi connectivity index (χ0n) is 17.7. The van der Waals surface area contributed by atoms with Gasteiger partial charge in [-0.3, -0.25) is 4.79 Å². The molecule has 5 heteroatoms. The van der Waals surface area contributed by atoms with Crippen LogP contribution in [0.3, 0.4) is 0 Å². The Labute approximate surface area is 177 Å². The molecule has 2 aromatic rings. The lowest BCUT2D eigenvalue weighted by Crippen LogP contribution is -2.50. The van der Waals surface area contributed by atoms with Gasteiger partial charge in [0.2, 0.25) is 0 Å². The van der Waals surface area contributed by atoms with Crippen LogP contribution in [0.4, 0.5) is 4.79 Å². The molecule has 1 fully saturated rings. The quantitative estimate of drug-likeness (QED) is 0.653. The molecule has 30 heavy (non-hydrogen) atoms. The molecule has 156 valence electrons. The fourth-order valence-corrected chi connectivity index (χ4v) is 3.99. The number of piperidine rings is 1. The van der Waals surface area contributed by atoms with E-state index in [1.54, 1.807) is 4.90 Å². The van der Waals surface area contributed by atoms with Gasteiger partial charge >= 0.3 is 6.09 Å². The summed E-state index contributed by atoms with van der Waals surface area (Å²) in [4.78, 5) is 25.2. The summed E-state index contributed by atoms with van der Waals surface area (Å²) in [5.41, 5.74) is 2.86. The number of ether oxygens (including phenoxy) is 2. The molecule has 0 aromatic heterocycles. The SMILES string of the molecule is CC(C)(C)OC(=O)N1CCC2(C=C(c3ccc(C=O)cc3)c3ccccc3O2)CC1. The summed E-state index contributed by atoms with van der Waals surface area (Å²) in [5.74, 6) is 0.847. The lowest BCUT2D eigenvalue weighted by Gasteiger charge is -2.43. The van der Waals surface area contributed by atoms with Crippen molar-refractivity contribution in [3.05, 3.63) is 71.3 Å². The van der Waals surface area contributed by atoms with Crippen LogP contribution in [0.2, 0.25) is 0 Å². The molecule has 0 bridgehead atoms. The Balaban J connectivity index is 1.62. The van der Waals surface area contributed by atoms with Gasteiger partial charge in [0.05, 0.1) is 0 Å². The molecule has 2 heterocycles. The third kappa shape index (κ3) is 4.11. The third-order valence-electron chi connectivity index (χ3n) is 5.52. The maximum Gasteiger partial charge on any atom is 0.410 e. The summed E-state index contributed by atoms with van der Waals surface area (Å²) in [6.07, 6.45) is 4.15. The van der Waals surface area contributed by atoms with Crippen LogP contribution in [0.15, 0.2) is 54.6 Å². The Morgan fingerprint density at radius 1 is 1.07 bits per heavy atom. The molecule has 5 nitrogen and oxygen atoms in total. The van der Waals surface area contributed by atoms with Gasteiger partial charge in [-0.25, -0.2) is 4.79 Å². The Kier molecular flexibility index (Phi) is 5.14. The van der Waals surface area contributed by atoms with Crippen LogP contribution in [0.5, 0.6) is 5.75 Å². The normalized spacial score (nSPS) is 17.6. The van der Waals surface area contributed by atoms with Gasteiger partial charge in [-0.05, 0) is 44.1 Å². The van der Waals surface area contributed by atoms with Gasteiger partial charge in [0.25, 0.3) is 0 Å². The highest BCUT2D eigenvalue weighted by atomic mass is 16.6. The highest BCUT2D eigenvalue weighted by Gasteiger charge is 2.40. The van der Waals surface area contributed by atoms with Crippen molar-refractivity contribution in [2.45, 2.75) is 44.8 Å². The summed E-state index contributed by atoms with van der Waals surface area (Å²) in [5, 5.41) is 0. The molecule has 2 aliphatic heterocycles. The molecular weight excluding hydrogens is 378 g/mol. The minimum absolute atomic E-state index is 0.276. The Hall–Kier alpha value is -3.08. The molecule has 2 aliphatic rings. The number of para-hydroxylation sites is 1. The van der Waals surface area contributed by atoms with Gasteiger partial charge in [0.15, 0.2) is 0 Å². The largest absolute Gasteiger partial charge is 0.482 e. The first-order valence-electron chi connectivity index (χ1n) is 10.3. The Morgan fingerprint density at radius 2 is 1.73 bits per heavy atom. The summed E-state index contributed by atoms with van der Waals surface area (Å²) in [6.45, 7) is 6.78. The second-order valence-electron chi connectivity index (χ2n) is 8.93. The van der Waals surface area contributed by atoms with Crippen LogP contribution in [-0.2, 0) is 4.74 Å². The zero-order valence-corrected chi connectivity index (χ0v) is 17.7. The molecule has 4 rings (SSSR count). The van der Waals surface area contributed by atoms with Gasteiger partial charge in [-0.2, -0.15) is 0 Å². The predicted molar refractivity (Wildman–Crippen MR) is 116 cm³/mol. The first-order valence-corrected chi connectivity index (χ1v) is 10.3. The maximum atomic E-state index is 12.4. The minimum Gasteiger partial charge on any atom is -0.482 e. The molecule has 1 amide bonds. The smallest absolute Gasteiger partial charge is 0.410 e.